The Hall–Kier alpha value is -1.25. The third-order valence-corrected chi connectivity index (χ3v) is 3.16. The maximum atomic E-state index is 13.3. The summed E-state index contributed by atoms with van der Waals surface area (Å²) >= 11 is 0. The minimum absolute atomic E-state index is 0.390. The van der Waals surface area contributed by atoms with Crippen LogP contribution in [0.4, 0.5) is 8.78 Å². The zero-order valence-electron chi connectivity index (χ0n) is 8.30. The first-order valence-electron chi connectivity index (χ1n) is 5.05. The zero-order chi connectivity index (χ0) is 10.9. The second-order valence-electron chi connectivity index (χ2n) is 4.25. The van der Waals surface area contributed by atoms with Gasteiger partial charge in [-0.15, -0.1) is 0 Å². The van der Waals surface area contributed by atoms with E-state index in [1.165, 1.54) is 12.1 Å². The van der Waals surface area contributed by atoms with Gasteiger partial charge in [0.1, 0.15) is 17.9 Å². The van der Waals surface area contributed by atoms with Crippen LogP contribution in [0, 0.1) is 17.0 Å². The molecule has 15 heavy (non-hydrogen) atoms. The molecule has 1 fully saturated rings. The second kappa shape index (κ2) is 3.72. The monoisotopic (exact) mass is 210 g/mol. The van der Waals surface area contributed by atoms with Gasteiger partial charge in [-0.05, 0) is 30.9 Å². The molecule has 0 unspecified atom stereocenters. The number of hydrogen-bond donors (Lipinski definition) is 0. The molecule has 0 amide bonds. The molecule has 0 N–H and O–H groups in total. The van der Waals surface area contributed by atoms with Gasteiger partial charge in [0.2, 0.25) is 0 Å². The lowest BCUT2D eigenvalue weighted by Gasteiger charge is -2.36. The van der Waals surface area contributed by atoms with Crippen LogP contribution in [0.3, 0.4) is 0 Å². The molecule has 0 heterocycles. The molecule has 1 aromatic carbocycles. The SMILES string of the molecule is O=CC1(Cc2ccc(F)cc2F)CCC1. The van der Waals surface area contributed by atoms with Crippen molar-refractivity contribution in [3.8, 4) is 0 Å². The lowest BCUT2D eigenvalue weighted by Crippen LogP contribution is -2.33. The second-order valence-corrected chi connectivity index (χ2v) is 4.25. The van der Waals surface area contributed by atoms with Gasteiger partial charge in [0.15, 0.2) is 0 Å². The summed E-state index contributed by atoms with van der Waals surface area (Å²) < 4.78 is 26.0. The third kappa shape index (κ3) is 1.91. The number of hydrogen-bond acceptors (Lipinski definition) is 1. The van der Waals surface area contributed by atoms with Gasteiger partial charge in [0.05, 0.1) is 0 Å². The number of halogens is 2. The number of carbonyl (C=O) groups excluding carboxylic acids is 1. The summed E-state index contributed by atoms with van der Waals surface area (Å²) in [5, 5.41) is 0. The van der Waals surface area contributed by atoms with E-state index in [-0.39, 0.29) is 0 Å². The summed E-state index contributed by atoms with van der Waals surface area (Å²) in [5.74, 6) is -1.13. The van der Waals surface area contributed by atoms with Crippen LogP contribution in [-0.4, -0.2) is 6.29 Å². The van der Waals surface area contributed by atoms with Gasteiger partial charge in [0.25, 0.3) is 0 Å². The standard InChI is InChI=1S/C12H12F2O/c13-10-3-2-9(11(14)6-10)7-12(8-15)4-1-5-12/h2-3,6,8H,1,4-5,7H2. The number of carbonyl (C=O) groups is 1. The zero-order valence-corrected chi connectivity index (χ0v) is 8.30. The molecular formula is C12H12F2O. The van der Waals surface area contributed by atoms with Crippen molar-refractivity contribution in [2.45, 2.75) is 25.7 Å². The van der Waals surface area contributed by atoms with E-state index in [0.717, 1.165) is 31.6 Å². The Kier molecular flexibility index (Phi) is 2.55. The molecule has 0 saturated heterocycles. The summed E-state index contributed by atoms with van der Waals surface area (Å²) in [6.07, 6.45) is 3.95. The van der Waals surface area contributed by atoms with Crippen molar-refractivity contribution in [3.63, 3.8) is 0 Å². The van der Waals surface area contributed by atoms with Gasteiger partial charge in [-0.1, -0.05) is 12.5 Å². The molecule has 0 aromatic heterocycles. The molecule has 1 aliphatic carbocycles. The smallest absolute Gasteiger partial charge is 0.129 e. The quantitative estimate of drug-likeness (QED) is 0.701. The molecule has 1 saturated carbocycles. The van der Waals surface area contributed by atoms with Crippen LogP contribution < -0.4 is 0 Å². The van der Waals surface area contributed by atoms with Gasteiger partial charge in [-0.25, -0.2) is 8.78 Å². The highest BCUT2D eigenvalue weighted by molar-refractivity contribution is 5.61. The summed E-state index contributed by atoms with van der Waals surface area (Å²) in [5.41, 5.74) is 0.0433. The largest absolute Gasteiger partial charge is 0.303 e. The fourth-order valence-corrected chi connectivity index (χ4v) is 2.01. The summed E-state index contributed by atoms with van der Waals surface area (Å²) in [7, 11) is 0. The van der Waals surface area contributed by atoms with Gasteiger partial charge < -0.3 is 4.79 Å². The lowest BCUT2D eigenvalue weighted by atomic mass is 9.66. The van der Waals surface area contributed by atoms with Crippen LogP contribution in [0.1, 0.15) is 24.8 Å². The fourth-order valence-electron chi connectivity index (χ4n) is 2.01. The van der Waals surface area contributed by atoms with Crippen molar-refractivity contribution in [1.29, 1.82) is 0 Å². The van der Waals surface area contributed by atoms with Crippen LogP contribution in [0.15, 0.2) is 18.2 Å². The summed E-state index contributed by atoms with van der Waals surface area (Å²) in [6.45, 7) is 0. The summed E-state index contributed by atoms with van der Waals surface area (Å²) in [6, 6.07) is 3.52. The van der Waals surface area contributed by atoms with E-state index in [1.807, 2.05) is 0 Å². The molecular weight excluding hydrogens is 198 g/mol. The number of rotatable bonds is 3. The highest BCUT2D eigenvalue weighted by Gasteiger charge is 2.37. The maximum Gasteiger partial charge on any atom is 0.129 e. The van der Waals surface area contributed by atoms with Crippen molar-refractivity contribution in [2.24, 2.45) is 5.41 Å². The first kappa shape index (κ1) is 10.3. The maximum absolute atomic E-state index is 13.3. The van der Waals surface area contributed by atoms with Crippen LogP contribution in [0.5, 0.6) is 0 Å². The lowest BCUT2D eigenvalue weighted by molar-refractivity contribution is -0.120. The van der Waals surface area contributed by atoms with E-state index in [2.05, 4.69) is 0 Å². The molecule has 1 nitrogen and oxygen atoms in total. The van der Waals surface area contributed by atoms with Crippen molar-refractivity contribution < 1.29 is 13.6 Å². The highest BCUT2D eigenvalue weighted by atomic mass is 19.1. The van der Waals surface area contributed by atoms with E-state index in [1.54, 1.807) is 0 Å². The number of aldehydes is 1. The van der Waals surface area contributed by atoms with E-state index < -0.39 is 17.0 Å². The predicted octanol–water partition coefficient (Wildman–Crippen LogP) is 2.88. The predicted molar refractivity (Wildman–Crippen MR) is 52.4 cm³/mol. The van der Waals surface area contributed by atoms with Crippen LogP contribution in [0.2, 0.25) is 0 Å². The molecule has 0 bridgehead atoms. The Morgan fingerprint density at radius 3 is 2.53 bits per heavy atom. The van der Waals surface area contributed by atoms with Crippen molar-refractivity contribution in [2.75, 3.05) is 0 Å². The normalized spacial score (nSPS) is 18.3. The molecule has 3 heteroatoms. The van der Waals surface area contributed by atoms with Gasteiger partial charge in [-0.3, -0.25) is 0 Å². The van der Waals surface area contributed by atoms with Gasteiger partial charge in [-0.2, -0.15) is 0 Å². The van der Waals surface area contributed by atoms with E-state index in [0.29, 0.717) is 12.0 Å². The molecule has 0 radical (unpaired) electrons. The highest BCUT2D eigenvalue weighted by Crippen LogP contribution is 2.42. The molecule has 2 rings (SSSR count). The van der Waals surface area contributed by atoms with E-state index in [4.69, 9.17) is 0 Å². The molecule has 1 aliphatic rings. The molecule has 80 valence electrons. The third-order valence-electron chi connectivity index (χ3n) is 3.16. The Labute approximate surface area is 87.1 Å². The first-order chi connectivity index (χ1) is 7.15. The van der Waals surface area contributed by atoms with Crippen molar-refractivity contribution in [1.82, 2.24) is 0 Å². The Bertz CT molecular complexity index is 383. The average molecular weight is 210 g/mol. The average Bonchev–Trinajstić information content (AvgIpc) is 2.14. The van der Waals surface area contributed by atoms with E-state index >= 15 is 0 Å². The fraction of sp³-hybridized carbons (Fsp3) is 0.417. The van der Waals surface area contributed by atoms with Crippen molar-refractivity contribution >= 4 is 6.29 Å². The van der Waals surface area contributed by atoms with Gasteiger partial charge in [0, 0.05) is 11.5 Å². The van der Waals surface area contributed by atoms with Crippen LogP contribution in [0.25, 0.3) is 0 Å². The first-order valence-corrected chi connectivity index (χ1v) is 5.05. The minimum Gasteiger partial charge on any atom is -0.303 e. The Morgan fingerprint density at radius 1 is 1.33 bits per heavy atom. The number of benzene rings is 1. The minimum atomic E-state index is -0.579. The molecule has 0 aliphatic heterocycles. The molecule has 0 spiro atoms. The van der Waals surface area contributed by atoms with Crippen molar-refractivity contribution in [3.05, 3.63) is 35.4 Å². The molecule has 0 atom stereocenters. The Balaban J connectivity index is 2.20. The van der Waals surface area contributed by atoms with Crippen LogP contribution >= 0.6 is 0 Å². The Morgan fingerprint density at radius 2 is 2.07 bits per heavy atom. The van der Waals surface area contributed by atoms with E-state index in [9.17, 15) is 13.6 Å². The molecule has 1 aromatic rings. The summed E-state index contributed by atoms with van der Waals surface area (Å²) in [4.78, 5) is 10.9. The van der Waals surface area contributed by atoms with Gasteiger partial charge >= 0.3 is 0 Å². The van der Waals surface area contributed by atoms with Crippen LogP contribution in [-0.2, 0) is 11.2 Å². The topological polar surface area (TPSA) is 17.1 Å².